The topological polar surface area (TPSA) is 105 Å². The Morgan fingerprint density at radius 2 is 1.87 bits per heavy atom. The number of phenolic OH excluding ortho intramolecular Hbond substituents is 1. The Morgan fingerprint density at radius 3 is 2.57 bits per heavy atom. The lowest BCUT2D eigenvalue weighted by molar-refractivity contribution is -0.385. The minimum absolute atomic E-state index is 0.241. The Morgan fingerprint density at radius 1 is 1.13 bits per heavy atom. The first-order valence-electron chi connectivity index (χ1n) is 9.39. The van der Waals surface area contributed by atoms with E-state index in [0.717, 1.165) is 0 Å². The largest absolute Gasteiger partial charge is 0.502 e. The normalized spacial score (nSPS) is 15.3. The number of aromatic hydroxyl groups is 1. The number of benzene rings is 3. The molecule has 0 saturated carbocycles. The van der Waals surface area contributed by atoms with E-state index in [-0.39, 0.29) is 5.91 Å². The van der Waals surface area contributed by atoms with Crippen molar-refractivity contribution < 1.29 is 19.6 Å². The number of nitro benzene ring substituents is 1. The Balaban J connectivity index is 1.83. The molecular weight excluding hydrogens is 386 g/mol. The Kier molecular flexibility index (Phi) is 4.97. The molecule has 1 aliphatic heterocycles. The first-order chi connectivity index (χ1) is 14.5. The third kappa shape index (κ3) is 3.39. The molecule has 1 aliphatic rings. The molecule has 3 aromatic rings. The van der Waals surface area contributed by atoms with E-state index < -0.39 is 22.5 Å². The van der Waals surface area contributed by atoms with Gasteiger partial charge in [0.25, 0.3) is 5.91 Å². The predicted octanol–water partition coefficient (Wildman–Crippen LogP) is 4.47. The average molecular weight is 405 g/mol. The fraction of sp³-hybridized carbons (Fsp3) is 0.136. The fourth-order valence-corrected chi connectivity index (χ4v) is 3.48. The summed E-state index contributed by atoms with van der Waals surface area (Å²) in [6.07, 6.45) is -0.704. The highest BCUT2D eigenvalue weighted by molar-refractivity contribution is 6.12. The van der Waals surface area contributed by atoms with Gasteiger partial charge in [-0.05, 0) is 49.4 Å². The maximum absolute atomic E-state index is 13.4. The third-order valence-corrected chi connectivity index (χ3v) is 4.86. The summed E-state index contributed by atoms with van der Waals surface area (Å²) in [6.45, 7) is 2.41. The van der Waals surface area contributed by atoms with Gasteiger partial charge in [0.1, 0.15) is 11.9 Å². The lowest BCUT2D eigenvalue weighted by atomic mass is 10.0. The molecule has 0 aliphatic carbocycles. The van der Waals surface area contributed by atoms with Crippen LogP contribution in [0.1, 0.15) is 29.0 Å². The van der Waals surface area contributed by atoms with E-state index in [1.54, 1.807) is 48.5 Å². The van der Waals surface area contributed by atoms with E-state index in [9.17, 15) is 20.0 Å². The molecule has 2 N–H and O–H groups in total. The summed E-state index contributed by atoms with van der Waals surface area (Å²) in [5.41, 5.74) is 1.77. The summed E-state index contributed by atoms with van der Waals surface area (Å²) in [4.78, 5) is 25.6. The number of fused-ring (bicyclic) bond motifs is 1. The average Bonchev–Trinajstić information content (AvgIpc) is 2.75. The van der Waals surface area contributed by atoms with E-state index in [2.05, 4.69) is 5.32 Å². The van der Waals surface area contributed by atoms with Crippen molar-refractivity contribution in [3.8, 4) is 11.5 Å². The van der Waals surface area contributed by atoms with Crippen molar-refractivity contribution in [3.63, 3.8) is 0 Å². The Bertz CT molecular complexity index is 1110. The molecule has 0 bridgehead atoms. The van der Waals surface area contributed by atoms with Crippen LogP contribution in [0.25, 0.3) is 0 Å². The number of phenols is 1. The fourth-order valence-electron chi connectivity index (χ4n) is 3.48. The van der Waals surface area contributed by atoms with Crippen molar-refractivity contribution in [2.24, 2.45) is 0 Å². The highest BCUT2D eigenvalue weighted by atomic mass is 16.6. The summed E-state index contributed by atoms with van der Waals surface area (Å²) in [5, 5.41) is 24.4. The maximum atomic E-state index is 13.4. The molecule has 1 heterocycles. The van der Waals surface area contributed by atoms with Crippen molar-refractivity contribution in [1.29, 1.82) is 0 Å². The number of carbonyl (C=O) groups excluding carboxylic acids is 1. The maximum Gasteiger partial charge on any atom is 0.311 e. The lowest BCUT2D eigenvalue weighted by Crippen LogP contribution is -2.43. The number of hydrogen-bond acceptors (Lipinski definition) is 6. The van der Waals surface area contributed by atoms with Gasteiger partial charge in [-0.15, -0.1) is 0 Å². The molecule has 8 nitrogen and oxygen atoms in total. The molecule has 152 valence electrons. The van der Waals surface area contributed by atoms with Crippen LogP contribution >= 0.6 is 0 Å². The zero-order chi connectivity index (χ0) is 21.3. The number of para-hydroxylation sites is 1. The monoisotopic (exact) mass is 405 g/mol. The number of rotatable bonds is 5. The van der Waals surface area contributed by atoms with E-state index in [4.69, 9.17) is 4.74 Å². The van der Waals surface area contributed by atoms with E-state index in [0.29, 0.717) is 34.9 Å². The summed E-state index contributed by atoms with van der Waals surface area (Å²) in [7, 11) is 0. The second-order valence-electron chi connectivity index (χ2n) is 6.70. The van der Waals surface area contributed by atoms with Crippen molar-refractivity contribution in [1.82, 2.24) is 0 Å². The zero-order valence-corrected chi connectivity index (χ0v) is 16.1. The zero-order valence-electron chi connectivity index (χ0n) is 16.1. The molecular formula is C22H19N3O5. The number of nitrogens with one attached hydrogen (secondary N) is 1. The Hall–Kier alpha value is -4.07. The van der Waals surface area contributed by atoms with Crippen LogP contribution in [0.5, 0.6) is 11.5 Å². The second kappa shape index (κ2) is 7.75. The molecule has 0 unspecified atom stereocenters. The molecule has 0 fully saturated rings. The number of anilines is 2. The van der Waals surface area contributed by atoms with E-state index >= 15 is 0 Å². The van der Waals surface area contributed by atoms with Gasteiger partial charge in [0.2, 0.25) is 0 Å². The molecule has 1 amide bonds. The standard InChI is InChI=1S/C22H19N3O5/c1-2-30-16-10-8-15(9-11-16)24-21(14-7-12-20(26)19(13-14)25(28)29)23-18-6-4-3-5-17(18)22(24)27/h3-13,21,23,26H,2H2,1H3/t21-/m0/s1. The van der Waals surface area contributed by atoms with E-state index in [1.807, 2.05) is 13.0 Å². The summed E-state index contributed by atoms with van der Waals surface area (Å²) in [5.74, 6) is 0.00373. The molecule has 30 heavy (non-hydrogen) atoms. The molecule has 0 radical (unpaired) electrons. The Labute approximate surface area is 172 Å². The van der Waals surface area contributed by atoms with Gasteiger partial charge in [0.15, 0.2) is 5.75 Å². The van der Waals surface area contributed by atoms with Gasteiger partial charge in [0.05, 0.1) is 17.1 Å². The van der Waals surface area contributed by atoms with Gasteiger partial charge < -0.3 is 15.2 Å². The van der Waals surface area contributed by atoms with Crippen LogP contribution in [-0.2, 0) is 0 Å². The van der Waals surface area contributed by atoms with Gasteiger partial charge in [0, 0.05) is 23.0 Å². The van der Waals surface area contributed by atoms with Gasteiger partial charge in [-0.3, -0.25) is 19.8 Å². The molecule has 0 spiro atoms. The van der Waals surface area contributed by atoms with Crippen LogP contribution < -0.4 is 15.0 Å². The van der Waals surface area contributed by atoms with Crippen molar-refractivity contribution in [2.45, 2.75) is 13.1 Å². The van der Waals surface area contributed by atoms with Gasteiger partial charge in [-0.25, -0.2) is 0 Å². The second-order valence-corrected chi connectivity index (χ2v) is 6.70. The SMILES string of the molecule is CCOc1ccc(N2C(=O)c3ccccc3N[C@@H]2c2ccc(O)c([N+](=O)[O-])c2)cc1. The predicted molar refractivity (Wildman–Crippen MR) is 112 cm³/mol. The van der Waals surface area contributed by atoms with Crippen LogP contribution in [0.3, 0.4) is 0 Å². The smallest absolute Gasteiger partial charge is 0.311 e. The van der Waals surface area contributed by atoms with Crippen LogP contribution in [-0.4, -0.2) is 22.5 Å². The number of nitro groups is 1. The van der Waals surface area contributed by atoms with Crippen molar-refractivity contribution in [3.05, 3.63) is 88.0 Å². The van der Waals surface area contributed by atoms with Gasteiger partial charge >= 0.3 is 5.69 Å². The highest BCUT2D eigenvalue weighted by Crippen LogP contribution is 2.39. The van der Waals surface area contributed by atoms with Crippen LogP contribution in [0.15, 0.2) is 66.7 Å². The summed E-state index contributed by atoms with van der Waals surface area (Å²) in [6, 6.07) is 18.2. The molecule has 0 aromatic heterocycles. The first-order valence-corrected chi connectivity index (χ1v) is 9.39. The van der Waals surface area contributed by atoms with Crippen molar-refractivity contribution in [2.75, 3.05) is 16.8 Å². The summed E-state index contributed by atoms with van der Waals surface area (Å²) < 4.78 is 5.48. The molecule has 1 atom stereocenters. The van der Waals surface area contributed by atoms with Gasteiger partial charge in [-0.1, -0.05) is 18.2 Å². The van der Waals surface area contributed by atoms with Crippen molar-refractivity contribution >= 4 is 23.0 Å². The quantitative estimate of drug-likeness (QED) is 0.479. The molecule has 3 aromatic carbocycles. The van der Waals surface area contributed by atoms with Crippen LogP contribution in [0.4, 0.5) is 17.1 Å². The lowest BCUT2D eigenvalue weighted by Gasteiger charge is -2.38. The van der Waals surface area contributed by atoms with E-state index in [1.165, 1.54) is 17.0 Å². The molecule has 8 heteroatoms. The minimum atomic E-state index is -0.704. The highest BCUT2D eigenvalue weighted by Gasteiger charge is 2.35. The molecule has 4 rings (SSSR count). The summed E-state index contributed by atoms with van der Waals surface area (Å²) >= 11 is 0. The number of amides is 1. The van der Waals surface area contributed by atoms with Crippen LogP contribution in [0, 0.1) is 10.1 Å². The number of ether oxygens (including phenoxy) is 1. The number of carbonyl (C=O) groups is 1. The third-order valence-electron chi connectivity index (χ3n) is 4.86. The molecule has 0 saturated heterocycles. The number of nitrogens with zero attached hydrogens (tertiary/aromatic N) is 2. The van der Waals surface area contributed by atoms with Gasteiger partial charge in [-0.2, -0.15) is 0 Å². The minimum Gasteiger partial charge on any atom is -0.502 e. The first kappa shape index (κ1) is 19.3. The van der Waals surface area contributed by atoms with Crippen LogP contribution in [0.2, 0.25) is 0 Å². The number of hydrogen-bond donors (Lipinski definition) is 2.